The van der Waals surface area contributed by atoms with Crippen molar-refractivity contribution in [3.8, 4) is 5.75 Å². The lowest BCUT2D eigenvalue weighted by Gasteiger charge is -2.64. The Morgan fingerprint density at radius 3 is 2.43 bits per heavy atom. The normalized spacial score (nSPS) is 39.6. The molecule has 5 aliphatic rings. The Morgan fingerprint density at radius 1 is 1.10 bits per heavy atom. The van der Waals surface area contributed by atoms with Gasteiger partial charge in [-0.3, -0.25) is 9.59 Å². The predicted octanol–water partition coefficient (Wildman–Crippen LogP) is 5.87. The number of aliphatic hydroxyl groups excluding tert-OH is 2. The number of alkyl halides is 3. The molecule has 8 nitrogen and oxygen atoms in total. The Hall–Kier alpha value is -3.51. The van der Waals surface area contributed by atoms with E-state index in [9.17, 15) is 19.8 Å². The molecule has 7 rings (SSSR count). The van der Waals surface area contributed by atoms with Crippen molar-refractivity contribution in [2.45, 2.75) is 101 Å². The van der Waals surface area contributed by atoms with Gasteiger partial charge in [-0.05, 0) is 81.0 Å². The zero-order valence-electron chi connectivity index (χ0n) is 29.8. The minimum atomic E-state index is -2.71. The number of ether oxygens (including phenoxy) is 3. The fraction of sp³-hybridized carbons (Fsp3) is 0.550. The van der Waals surface area contributed by atoms with Gasteiger partial charge >= 0.3 is 0 Å². The highest BCUT2D eigenvalue weighted by atomic mass is 19.2. The van der Waals surface area contributed by atoms with Crippen molar-refractivity contribution in [1.29, 1.82) is 0 Å². The summed E-state index contributed by atoms with van der Waals surface area (Å²) < 4.78 is 70.0. The third-order valence-electron chi connectivity index (χ3n) is 13.1. The fourth-order valence-corrected chi connectivity index (χ4v) is 10.1. The lowest BCUT2D eigenvalue weighted by molar-refractivity contribution is -0.270. The van der Waals surface area contributed by atoms with Crippen LogP contribution < -0.4 is 9.64 Å². The van der Waals surface area contributed by atoms with Gasteiger partial charge in [-0.25, -0.2) is 13.2 Å². The molecule has 11 heteroatoms. The van der Waals surface area contributed by atoms with Crippen molar-refractivity contribution >= 4 is 17.3 Å². The van der Waals surface area contributed by atoms with Gasteiger partial charge in [-0.2, -0.15) is 0 Å². The van der Waals surface area contributed by atoms with Gasteiger partial charge < -0.3 is 29.3 Å². The number of benzene rings is 2. The molecule has 3 saturated carbocycles. The maximum absolute atomic E-state index is 18.1. The molecule has 4 aliphatic carbocycles. The molecule has 0 unspecified atom stereocenters. The molecule has 51 heavy (non-hydrogen) atoms. The molecular weight excluding hydrogens is 663 g/mol. The highest BCUT2D eigenvalue weighted by Gasteiger charge is 2.86. The van der Waals surface area contributed by atoms with Crippen LogP contribution >= 0.6 is 0 Å². The van der Waals surface area contributed by atoms with E-state index < -0.39 is 95.8 Å². The number of Topliss-reactive ketones (excluding diaryl/α,β-unsaturated/α-hetero) is 1. The van der Waals surface area contributed by atoms with Gasteiger partial charge in [-0.1, -0.05) is 43.3 Å². The SMILES string of the molecule is COc1cc(Cc2ccc([C@@H]3O[C@@H]4C[C@@]5(F)[C@@H]6C[C@H](F)C7=CC(=O)C=C[C@]7(C)[C@@]6(F)[C@@H](O)C[C@]5(C)[C@]4(C(=O)CO)O3)cc2)ccc1N(C)C(C)C. The zero-order chi connectivity index (χ0) is 36.9. The fourth-order valence-electron chi connectivity index (χ4n) is 10.1. The number of aliphatic hydroxyl groups is 2. The molecule has 0 radical (unpaired) electrons. The van der Waals surface area contributed by atoms with Crippen LogP contribution in [-0.4, -0.2) is 83.9 Å². The summed E-state index contributed by atoms with van der Waals surface area (Å²) in [5.41, 5.74) is -7.68. The van der Waals surface area contributed by atoms with E-state index in [1.807, 2.05) is 37.4 Å². The van der Waals surface area contributed by atoms with Crippen LogP contribution in [-0.2, 0) is 25.5 Å². The molecule has 4 fully saturated rings. The van der Waals surface area contributed by atoms with Gasteiger partial charge in [0.15, 0.2) is 29.1 Å². The summed E-state index contributed by atoms with van der Waals surface area (Å²) in [6.45, 7) is 6.00. The standard InChI is InChI=1S/C40H46F3NO7/c1-22(2)44(5)29-12-9-24(16-30(29)49-6)15-23-7-10-25(11-8-23)35-50-34-20-38(42)31-18-28(41)27-17-26(46)13-14-36(27,3)39(31,43)32(47)19-37(38,4)40(34,51-35)33(48)21-45/h7-14,16-17,22,28,31-32,34-35,45,47H,15,18-21H2,1-6H3/t28-,31-,32-,34+,35+,36-,37-,38+,39-,40+/m0/s1. The van der Waals surface area contributed by atoms with E-state index in [0.29, 0.717) is 18.0 Å². The number of carbonyl (C=O) groups excluding carboxylic acids is 2. The Kier molecular flexibility index (Phi) is 8.45. The minimum Gasteiger partial charge on any atom is -0.495 e. The molecule has 1 saturated heterocycles. The van der Waals surface area contributed by atoms with E-state index in [1.54, 1.807) is 19.2 Å². The van der Waals surface area contributed by atoms with Gasteiger partial charge in [-0.15, -0.1) is 0 Å². The molecule has 1 aliphatic heterocycles. The van der Waals surface area contributed by atoms with Crippen LogP contribution in [0, 0.1) is 16.7 Å². The van der Waals surface area contributed by atoms with Crippen LogP contribution in [0.2, 0.25) is 0 Å². The quantitative estimate of drug-likeness (QED) is 0.351. The van der Waals surface area contributed by atoms with Gasteiger partial charge in [0.25, 0.3) is 0 Å². The Bertz CT molecular complexity index is 1820. The first-order chi connectivity index (χ1) is 24.0. The van der Waals surface area contributed by atoms with Crippen LogP contribution in [0.15, 0.2) is 66.3 Å². The Morgan fingerprint density at radius 2 is 1.78 bits per heavy atom. The van der Waals surface area contributed by atoms with Crippen LogP contribution in [0.25, 0.3) is 0 Å². The average Bonchev–Trinajstić information content (AvgIpc) is 3.57. The average molecular weight is 710 g/mol. The van der Waals surface area contributed by atoms with Crippen LogP contribution in [0.4, 0.5) is 18.9 Å². The second kappa shape index (κ2) is 12.0. The first-order valence-corrected chi connectivity index (χ1v) is 17.6. The van der Waals surface area contributed by atoms with Crippen molar-refractivity contribution in [3.05, 3.63) is 83.0 Å². The summed E-state index contributed by atoms with van der Waals surface area (Å²) in [5.74, 6) is -2.31. The molecule has 0 spiro atoms. The molecule has 0 aromatic heterocycles. The van der Waals surface area contributed by atoms with Crippen molar-refractivity contribution in [2.75, 3.05) is 25.7 Å². The number of fused-ring (bicyclic) bond motifs is 7. The summed E-state index contributed by atoms with van der Waals surface area (Å²) in [6.07, 6.45) is -3.84. The van der Waals surface area contributed by atoms with E-state index in [2.05, 4.69) is 18.7 Å². The Balaban J connectivity index is 1.18. The van der Waals surface area contributed by atoms with Crippen LogP contribution in [0.1, 0.15) is 69.9 Å². The number of carbonyl (C=O) groups is 2. The van der Waals surface area contributed by atoms with Crippen molar-refractivity contribution in [1.82, 2.24) is 0 Å². The van der Waals surface area contributed by atoms with Crippen molar-refractivity contribution < 1.29 is 47.2 Å². The second-order valence-corrected chi connectivity index (χ2v) is 15.7. The van der Waals surface area contributed by atoms with Crippen molar-refractivity contribution in [2.24, 2.45) is 16.7 Å². The van der Waals surface area contributed by atoms with Gasteiger partial charge in [0.05, 0.1) is 18.9 Å². The molecule has 0 amide bonds. The van der Waals surface area contributed by atoms with E-state index in [4.69, 9.17) is 14.2 Å². The number of methoxy groups -OCH3 is 1. The van der Waals surface area contributed by atoms with E-state index in [-0.39, 0.29) is 5.57 Å². The third kappa shape index (κ3) is 4.73. The molecular formula is C40H46F3NO7. The number of nitrogens with zero attached hydrogens (tertiary/aromatic N) is 1. The van der Waals surface area contributed by atoms with Gasteiger partial charge in [0.2, 0.25) is 0 Å². The molecule has 10 atom stereocenters. The highest BCUT2D eigenvalue weighted by Crippen LogP contribution is 2.75. The summed E-state index contributed by atoms with van der Waals surface area (Å²) in [6, 6.07) is 13.8. The summed E-state index contributed by atoms with van der Waals surface area (Å²) >= 11 is 0. The summed E-state index contributed by atoms with van der Waals surface area (Å²) in [7, 11) is 3.66. The van der Waals surface area contributed by atoms with Crippen LogP contribution in [0.3, 0.4) is 0 Å². The van der Waals surface area contributed by atoms with Crippen molar-refractivity contribution in [3.63, 3.8) is 0 Å². The number of ketones is 2. The molecule has 2 aromatic carbocycles. The van der Waals surface area contributed by atoms with Crippen LogP contribution in [0.5, 0.6) is 5.75 Å². The number of allylic oxidation sites excluding steroid dienone is 4. The molecule has 0 bridgehead atoms. The number of rotatable bonds is 8. The molecule has 274 valence electrons. The summed E-state index contributed by atoms with van der Waals surface area (Å²) in [4.78, 5) is 28.1. The monoisotopic (exact) mass is 709 g/mol. The maximum atomic E-state index is 18.1. The maximum Gasteiger partial charge on any atom is 0.193 e. The lowest BCUT2D eigenvalue weighted by Crippen LogP contribution is -2.75. The second-order valence-electron chi connectivity index (χ2n) is 15.7. The number of anilines is 1. The number of hydrogen-bond donors (Lipinski definition) is 2. The molecule has 1 heterocycles. The first kappa shape index (κ1) is 35.9. The minimum absolute atomic E-state index is 0.134. The van der Waals surface area contributed by atoms with E-state index in [1.165, 1.54) is 19.9 Å². The summed E-state index contributed by atoms with van der Waals surface area (Å²) in [5, 5.41) is 21.9. The van der Waals surface area contributed by atoms with E-state index >= 15 is 13.2 Å². The smallest absolute Gasteiger partial charge is 0.193 e. The van der Waals surface area contributed by atoms with Gasteiger partial charge in [0.1, 0.15) is 30.3 Å². The topological polar surface area (TPSA) is 106 Å². The zero-order valence-corrected chi connectivity index (χ0v) is 29.8. The first-order valence-electron chi connectivity index (χ1n) is 17.6. The van der Waals surface area contributed by atoms with E-state index in [0.717, 1.165) is 34.7 Å². The van der Waals surface area contributed by atoms with Gasteiger partial charge in [0, 0.05) is 41.8 Å². The molecule has 2 aromatic rings. The Labute approximate surface area is 296 Å². The molecule has 2 N–H and O–H groups in total. The lowest BCUT2D eigenvalue weighted by atomic mass is 9.43. The highest BCUT2D eigenvalue weighted by molar-refractivity contribution is 6.01. The number of hydrogen-bond acceptors (Lipinski definition) is 8. The number of halogens is 3. The largest absolute Gasteiger partial charge is 0.495 e. The third-order valence-corrected chi connectivity index (χ3v) is 13.1. The predicted molar refractivity (Wildman–Crippen MR) is 184 cm³/mol.